The lowest BCUT2D eigenvalue weighted by Gasteiger charge is -2.10. The molecule has 116 valence electrons. The van der Waals surface area contributed by atoms with Crippen molar-refractivity contribution >= 4 is 46.4 Å². The van der Waals surface area contributed by atoms with E-state index >= 15 is 0 Å². The summed E-state index contributed by atoms with van der Waals surface area (Å²) in [7, 11) is 0. The number of pyridine rings is 1. The average molecular weight is 387 g/mol. The number of halogens is 5. The number of aromatic nitrogens is 1. The van der Waals surface area contributed by atoms with E-state index in [4.69, 9.17) is 46.4 Å². The maximum absolute atomic E-state index is 14.5. The van der Waals surface area contributed by atoms with Gasteiger partial charge in [0.25, 0.3) is 0 Å². The minimum absolute atomic E-state index is 0.124. The first-order chi connectivity index (χ1) is 11.0. The molecular formula is C17H8Cl4FN. The van der Waals surface area contributed by atoms with Crippen LogP contribution in [-0.4, -0.2) is 4.98 Å². The molecule has 0 saturated carbocycles. The van der Waals surface area contributed by atoms with Crippen LogP contribution in [-0.2, 0) is 0 Å². The van der Waals surface area contributed by atoms with Crippen LogP contribution in [0.2, 0.25) is 20.1 Å². The van der Waals surface area contributed by atoms with Crippen LogP contribution in [0.5, 0.6) is 0 Å². The Morgan fingerprint density at radius 3 is 1.96 bits per heavy atom. The van der Waals surface area contributed by atoms with Crippen molar-refractivity contribution in [1.29, 1.82) is 0 Å². The number of hydrogen-bond acceptors (Lipinski definition) is 1. The van der Waals surface area contributed by atoms with Crippen LogP contribution >= 0.6 is 46.4 Å². The summed E-state index contributed by atoms with van der Waals surface area (Å²) in [5.74, 6) is -0.525. The van der Waals surface area contributed by atoms with Crippen molar-refractivity contribution < 1.29 is 4.39 Å². The summed E-state index contributed by atoms with van der Waals surface area (Å²) in [5.41, 5.74) is 1.69. The molecule has 6 heteroatoms. The van der Waals surface area contributed by atoms with Gasteiger partial charge in [-0.1, -0.05) is 70.7 Å². The van der Waals surface area contributed by atoms with Gasteiger partial charge in [0, 0.05) is 22.9 Å². The van der Waals surface area contributed by atoms with Gasteiger partial charge in [-0.15, -0.1) is 0 Å². The van der Waals surface area contributed by atoms with Crippen molar-refractivity contribution in [2.75, 3.05) is 0 Å². The molecule has 0 bridgehead atoms. The molecule has 23 heavy (non-hydrogen) atoms. The predicted molar refractivity (Wildman–Crippen MR) is 95.1 cm³/mol. The van der Waals surface area contributed by atoms with Crippen LogP contribution in [0.1, 0.15) is 0 Å². The summed E-state index contributed by atoms with van der Waals surface area (Å²) in [6, 6.07) is 11.5. The van der Waals surface area contributed by atoms with E-state index in [1.54, 1.807) is 36.4 Å². The molecular weight excluding hydrogens is 379 g/mol. The molecule has 0 fully saturated rings. The third-order valence-corrected chi connectivity index (χ3v) is 4.95. The Hall–Kier alpha value is -1.32. The first-order valence-corrected chi connectivity index (χ1v) is 8.04. The second-order valence-corrected chi connectivity index (χ2v) is 6.33. The van der Waals surface area contributed by atoms with E-state index in [1.807, 2.05) is 0 Å². The molecule has 1 heterocycles. The quantitative estimate of drug-likeness (QED) is 0.454. The highest BCUT2D eigenvalue weighted by atomic mass is 35.5. The van der Waals surface area contributed by atoms with Crippen LogP contribution in [0.4, 0.5) is 4.39 Å². The molecule has 0 atom stereocenters. The second-order valence-electron chi connectivity index (χ2n) is 4.76. The number of benzene rings is 2. The first kappa shape index (κ1) is 16.5. The fourth-order valence-corrected chi connectivity index (χ4v) is 3.00. The molecule has 0 aliphatic rings. The van der Waals surface area contributed by atoms with Gasteiger partial charge in [-0.25, -0.2) is 4.39 Å². The summed E-state index contributed by atoms with van der Waals surface area (Å²) in [5, 5.41) is 1.34. The molecule has 0 aliphatic carbocycles. The standard InChI is InChI=1S/C17H8Cl4FN/c18-12-5-1-3-10(15(12)20)9-7-14(22)17(23-8-9)11-4-2-6-13(19)16(11)21/h1-8H. The molecule has 1 aromatic heterocycles. The van der Waals surface area contributed by atoms with Gasteiger partial charge in [0.05, 0.1) is 20.1 Å². The zero-order chi connectivity index (χ0) is 16.6. The average Bonchev–Trinajstić information content (AvgIpc) is 2.53. The van der Waals surface area contributed by atoms with Crippen molar-refractivity contribution in [2.24, 2.45) is 0 Å². The summed E-state index contributed by atoms with van der Waals surface area (Å²) in [6.45, 7) is 0. The van der Waals surface area contributed by atoms with Crippen molar-refractivity contribution in [3.63, 3.8) is 0 Å². The minimum atomic E-state index is -0.525. The third kappa shape index (κ3) is 3.17. The fraction of sp³-hybridized carbons (Fsp3) is 0. The van der Waals surface area contributed by atoms with E-state index in [0.29, 0.717) is 31.8 Å². The lowest BCUT2D eigenvalue weighted by atomic mass is 10.1. The van der Waals surface area contributed by atoms with Gasteiger partial charge in [-0.3, -0.25) is 4.98 Å². The van der Waals surface area contributed by atoms with Crippen molar-refractivity contribution in [3.8, 4) is 22.4 Å². The van der Waals surface area contributed by atoms with E-state index in [9.17, 15) is 4.39 Å². The van der Waals surface area contributed by atoms with Crippen LogP contribution in [0, 0.1) is 5.82 Å². The monoisotopic (exact) mass is 385 g/mol. The van der Waals surface area contributed by atoms with Gasteiger partial charge in [0.1, 0.15) is 11.5 Å². The van der Waals surface area contributed by atoms with Crippen LogP contribution in [0.25, 0.3) is 22.4 Å². The van der Waals surface area contributed by atoms with Crippen molar-refractivity contribution in [1.82, 2.24) is 4.98 Å². The lowest BCUT2D eigenvalue weighted by molar-refractivity contribution is 0.626. The van der Waals surface area contributed by atoms with E-state index in [-0.39, 0.29) is 10.7 Å². The molecule has 1 nitrogen and oxygen atoms in total. The molecule has 0 spiro atoms. The lowest BCUT2D eigenvalue weighted by Crippen LogP contribution is -1.92. The van der Waals surface area contributed by atoms with Gasteiger partial charge >= 0.3 is 0 Å². The first-order valence-electron chi connectivity index (χ1n) is 6.53. The topological polar surface area (TPSA) is 12.9 Å². The van der Waals surface area contributed by atoms with E-state index < -0.39 is 5.82 Å². The Morgan fingerprint density at radius 1 is 0.783 bits per heavy atom. The zero-order valence-electron chi connectivity index (χ0n) is 11.5. The van der Waals surface area contributed by atoms with Crippen LogP contribution in [0.15, 0.2) is 48.7 Å². The van der Waals surface area contributed by atoms with Gasteiger partial charge in [0.2, 0.25) is 0 Å². The molecule has 0 unspecified atom stereocenters. The van der Waals surface area contributed by atoms with Crippen molar-refractivity contribution in [2.45, 2.75) is 0 Å². The van der Waals surface area contributed by atoms with Gasteiger partial charge in [-0.2, -0.15) is 0 Å². The minimum Gasteiger partial charge on any atom is -0.252 e. The maximum Gasteiger partial charge on any atom is 0.150 e. The Morgan fingerprint density at radius 2 is 1.35 bits per heavy atom. The number of hydrogen-bond donors (Lipinski definition) is 0. The summed E-state index contributed by atoms with van der Waals surface area (Å²) >= 11 is 24.2. The molecule has 0 amide bonds. The van der Waals surface area contributed by atoms with Crippen LogP contribution in [0.3, 0.4) is 0 Å². The van der Waals surface area contributed by atoms with Gasteiger partial charge in [-0.05, 0) is 18.2 Å². The highest BCUT2D eigenvalue weighted by Crippen LogP contribution is 2.37. The fourth-order valence-electron chi connectivity index (χ4n) is 2.20. The van der Waals surface area contributed by atoms with E-state index in [2.05, 4.69) is 4.98 Å². The van der Waals surface area contributed by atoms with Gasteiger partial charge in [0.15, 0.2) is 0 Å². The molecule has 3 aromatic rings. The molecule has 0 aliphatic heterocycles. The van der Waals surface area contributed by atoms with Gasteiger partial charge < -0.3 is 0 Å². The van der Waals surface area contributed by atoms with E-state index in [0.717, 1.165) is 0 Å². The van der Waals surface area contributed by atoms with E-state index in [1.165, 1.54) is 12.3 Å². The number of nitrogens with zero attached hydrogens (tertiary/aromatic N) is 1. The molecule has 2 aromatic carbocycles. The molecule has 0 saturated heterocycles. The Kier molecular flexibility index (Phi) is 4.79. The smallest absolute Gasteiger partial charge is 0.150 e. The summed E-state index contributed by atoms with van der Waals surface area (Å²) in [4.78, 5) is 4.18. The molecule has 0 N–H and O–H groups in total. The normalized spacial score (nSPS) is 10.8. The second kappa shape index (κ2) is 6.66. The Labute approximate surface area is 152 Å². The highest BCUT2D eigenvalue weighted by Gasteiger charge is 2.15. The Bertz CT molecular complexity index is 896. The van der Waals surface area contributed by atoms with Crippen molar-refractivity contribution in [3.05, 3.63) is 74.6 Å². The number of rotatable bonds is 2. The SMILES string of the molecule is Fc1cc(-c2cccc(Cl)c2Cl)cnc1-c1cccc(Cl)c1Cl. The largest absolute Gasteiger partial charge is 0.252 e. The maximum atomic E-state index is 14.5. The predicted octanol–water partition coefficient (Wildman–Crippen LogP) is 7.17. The Balaban J connectivity index is 2.12. The highest BCUT2D eigenvalue weighted by molar-refractivity contribution is 6.44. The summed E-state index contributed by atoms with van der Waals surface area (Å²) in [6.07, 6.45) is 1.52. The molecule has 0 radical (unpaired) electrons. The summed E-state index contributed by atoms with van der Waals surface area (Å²) < 4.78 is 14.5. The zero-order valence-corrected chi connectivity index (χ0v) is 14.5. The molecule has 3 rings (SSSR count). The van der Waals surface area contributed by atoms with Crippen LogP contribution < -0.4 is 0 Å². The third-order valence-electron chi connectivity index (χ3n) is 3.31.